The maximum atomic E-state index is 11.7. The van der Waals surface area contributed by atoms with Gasteiger partial charge in [-0.3, -0.25) is 4.79 Å². The van der Waals surface area contributed by atoms with Crippen LogP contribution in [-0.2, 0) is 7.05 Å². The highest BCUT2D eigenvalue weighted by Gasteiger charge is 2.14. The van der Waals surface area contributed by atoms with E-state index in [9.17, 15) is 4.79 Å². The Morgan fingerprint density at radius 1 is 1.11 bits per heavy atom. The van der Waals surface area contributed by atoms with Crippen molar-refractivity contribution in [2.24, 2.45) is 7.05 Å². The van der Waals surface area contributed by atoms with Crippen LogP contribution < -0.4 is 15.0 Å². The molecule has 1 heterocycles. The van der Waals surface area contributed by atoms with Crippen molar-refractivity contribution in [3.05, 3.63) is 45.8 Å². The molecule has 5 heteroatoms. The van der Waals surface area contributed by atoms with Gasteiger partial charge in [-0.2, -0.15) is 0 Å². The Balaban J connectivity index is 2.66. The van der Waals surface area contributed by atoms with E-state index in [4.69, 9.17) is 21.1 Å². The van der Waals surface area contributed by atoms with E-state index in [1.165, 1.54) is 17.7 Å². The van der Waals surface area contributed by atoms with Crippen LogP contribution in [0.5, 0.6) is 11.5 Å². The van der Waals surface area contributed by atoms with Crippen LogP contribution in [0, 0.1) is 0 Å². The van der Waals surface area contributed by atoms with E-state index in [0.29, 0.717) is 16.5 Å². The molecular weight excluding hydrogens is 266 g/mol. The van der Waals surface area contributed by atoms with E-state index >= 15 is 0 Å². The molecule has 0 unspecified atom stereocenters. The topological polar surface area (TPSA) is 40.5 Å². The van der Waals surface area contributed by atoms with Crippen molar-refractivity contribution in [1.82, 2.24) is 4.57 Å². The summed E-state index contributed by atoms with van der Waals surface area (Å²) in [7, 11) is 4.74. The highest BCUT2D eigenvalue weighted by Crippen LogP contribution is 2.35. The summed E-state index contributed by atoms with van der Waals surface area (Å²) in [5.41, 5.74) is 1.34. The summed E-state index contributed by atoms with van der Waals surface area (Å²) < 4.78 is 11.7. The average molecular weight is 280 g/mol. The van der Waals surface area contributed by atoms with Gasteiger partial charge in [0.05, 0.1) is 19.8 Å². The van der Waals surface area contributed by atoms with Crippen LogP contribution in [0.1, 0.15) is 0 Å². The number of halogens is 1. The molecule has 0 saturated heterocycles. The minimum atomic E-state index is -0.209. The minimum absolute atomic E-state index is 0.209. The number of hydrogen-bond donors (Lipinski definition) is 0. The molecule has 0 fully saturated rings. The number of pyridine rings is 1. The number of methoxy groups -OCH3 is 2. The number of hydrogen-bond acceptors (Lipinski definition) is 3. The van der Waals surface area contributed by atoms with Crippen LogP contribution in [0.4, 0.5) is 0 Å². The van der Waals surface area contributed by atoms with E-state index in [0.717, 1.165) is 11.3 Å². The van der Waals surface area contributed by atoms with Crippen molar-refractivity contribution < 1.29 is 9.47 Å². The Morgan fingerprint density at radius 3 is 2.26 bits per heavy atom. The standard InChI is InChI=1S/C14H14ClNO3/c1-16-12(17)8-11(19-3)13(14(16)15)9-4-6-10(18-2)7-5-9/h4-8H,1-3H3. The lowest BCUT2D eigenvalue weighted by molar-refractivity contribution is 0.413. The fraction of sp³-hybridized carbons (Fsp3) is 0.214. The van der Waals surface area contributed by atoms with Crippen molar-refractivity contribution in [2.75, 3.05) is 14.2 Å². The van der Waals surface area contributed by atoms with E-state index in [1.54, 1.807) is 14.2 Å². The first kappa shape index (κ1) is 13.5. The SMILES string of the molecule is COc1ccc(-c2c(OC)cc(=O)n(C)c2Cl)cc1. The molecule has 2 rings (SSSR count). The summed E-state index contributed by atoms with van der Waals surface area (Å²) in [4.78, 5) is 11.7. The van der Waals surface area contributed by atoms with Gasteiger partial charge in [-0.15, -0.1) is 0 Å². The molecule has 1 aromatic heterocycles. The number of benzene rings is 1. The molecule has 0 spiro atoms. The van der Waals surface area contributed by atoms with Crippen molar-refractivity contribution >= 4 is 11.6 Å². The van der Waals surface area contributed by atoms with Crippen molar-refractivity contribution in [3.8, 4) is 22.6 Å². The lowest BCUT2D eigenvalue weighted by atomic mass is 10.1. The van der Waals surface area contributed by atoms with E-state index < -0.39 is 0 Å². The lowest BCUT2D eigenvalue weighted by Gasteiger charge is -2.13. The number of aromatic nitrogens is 1. The van der Waals surface area contributed by atoms with E-state index in [1.807, 2.05) is 24.3 Å². The molecule has 0 aliphatic rings. The van der Waals surface area contributed by atoms with Gasteiger partial charge in [-0.1, -0.05) is 23.7 Å². The predicted molar refractivity (Wildman–Crippen MR) is 75.2 cm³/mol. The van der Waals surface area contributed by atoms with Crippen LogP contribution in [0.25, 0.3) is 11.1 Å². The molecule has 19 heavy (non-hydrogen) atoms. The monoisotopic (exact) mass is 279 g/mol. The maximum absolute atomic E-state index is 11.7. The number of nitrogens with zero attached hydrogens (tertiary/aromatic N) is 1. The quantitative estimate of drug-likeness (QED) is 0.811. The summed E-state index contributed by atoms with van der Waals surface area (Å²) >= 11 is 6.24. The Labute approximate surface area is 116 Å². The first-order valence-electron chi connectivity index (χ1n) is 5.66. The van der Waals surface area contributed by atoms with Crippen molar-refractivity contribution in [3.63, 3.8) is 0 Å². The molecule has 2 aromatic rings. The molecule has 0 saturated carbocycles. The Kier molecular flexibility index (Phi) is 3.81. The summed E-state index contributed by atoms with van der Waals surface area (Å²) in [6.45, 7) is 0. The zero-order chi connectivity index (χ0) is 14.0. The van der Waals surface area contributed by atoms with Crippen LogP contribution in [0.3, 0.4) is 0 Å². The van der Waals surface area contributed by atoms with Crippen LogP contribution in [0.2, 0.25) is 5.15 Å². The molecule has 0 aliphatic heterocycles. The van der Waals surface area contributed by atoms with Crippen molar-refractivity contribution in [1.29, 1.82) is 0 Å². The van der Waals surface area contributed by atoms with Gasteiger partial charge in [0.2, 0.25) is 0 Å². The van der Waals surface area contributed by atoms with Crippen molar-refractivity contribution in [2.45, 2.75) is 0 Å². The molecule has 0 amide bonds. The molecule has 0 atom stereocenters. The second-order valence-electron chi connectivity index (χ2n) is 4.00. The van der Waals surface area contributed by atoms with Gasteiger partial charge < -0.3 is 14.0 Å². The third-order valence-corrected chi connectivity index (χ3v) is 3.37. The van der Waals surface area contributed by atoms with Crippen LogP contribution in [0.15, 0.2) is 35.1 Å². The highest BCUT2D eigenvalue weighted by atomic mass is 35.5. The predicted octanol–water partition coefficient (Wildman–Crippen LogP) is 2.72. The van der Waals surface area contributed by atoms with Crippen LogP contribution >= 0.6 is 11.6 Å². The highest BCUT2D eigenvalue weighted by molar-refractivity contribution is 6.32. The fourth-order valence-electron chi connectivity index (χ4n) is 1.83. The van der Waals surface area contributed by atoms with Gasteiger partial charge in [0.15, 0.2) is 0 Å². The van der Waals surface area contributed by atoms with Gasteiger partial charge in [-0.05, 0) is 17.7 Å². The molecule has 0 aliphatic carbocycles. The second-order valence-corrected chi connectivity index (χ2v) is 4.36. The smallest absolute Gasteiger partial charge is 0.255 e. The third-order valence-electron chi connectivity index (χ3n) is 2.93. The van der Waals surface area contributed by atoms with E-state index in [2.05, 4.69) is 0 Å². The van der Waals surface area contributed by atoms with Gasteiger partial charge in [0.1, 0.15) is 16.7 Å². The summed E-state index contributed by atoms with van der Waals surface area (Å²) in [5.74, 6) is 1.21. The Hall–Kier alpha value is -1.94. The van der Waals surface area contributed by atoms with Gasteiger partial charge in [-0.25, -0.2) is 0 Å². The largest absolute Gasteiger partial charge is 0.497 e. The molecule has 100 valence electrons. The minimum Gasteiger partial charge on any atom is -0.497 e. The van der Waals surface area contributed by atoms with Gasteiger partial charge >= 0.3 is 0 Å². The van der Waals surface area contributed by atoms with Gasteiger partial charge in [0, 0.05) is 13.1 Å². The molecular formula is C14H14ClNO3. The molecule has 0 bridgehead atoms. The Morgan fingerprint density at radius 2 is 1.74 bits per heavy atom. The normalized spacial score (nSPS) is 10.3. The van der Waals surface area contributed by atoms with Gasteiger partial charge in [0.25, 0.3) is 5.56 Å². The first-order chi connectivity index (χ1) is 9.08. The fourth-order valence-corrected chi connectivity index (χ4v) is 2.11. The summed E-state index contributed by atoms with van der Waals surface area (Å²) in [6.07, 6.45) is 0. The number of rotatable bonds is 3. The summed E-state index contributed by atoms with van der Waals surface area (Å²) in [6, 6.07) is 8.82. The first-order valence-corrected chi connectivity index (χ1v) is 6.04. The Bertz CT molecular complexity index is 647. The number of ether oxygens (including phenoxy) is 2. The maximum Gasteiger partial charge on any atom is 0.255 e. The zero-order valence-corrected chi connectivity index (χ0v) is 11.7. The molecule has 0 N–H and O–H groups in total. The molecule has 0 radical (unpaired) electrons. The average Bonchev–Trinajstić information content (AvgIpc) is 2.44. The zero-order valence-electron chi connectivity index (χ0n) is 10.9. The second kappa shape index (κ2) is 5.36. The molecule has 1 aromatic carbocycles. The van der Waals surface area contributed by atoms with E-state index in [-0.39, 0.29) is 5.56 Å². The molecule has 4 nitrogen and oxygen atoms in total. The van der Waals surface area contributed by atoms with Crippen LogP contribution in [-0.4, -0.2) is 18.8 Å². The lowest BCUT2D eigenvalue weighted by Crippen LogP contribution is -2.17. The third kappa shape index (κ3) is 2.44. The summed E-state index contributed by atoms with van der Waals surface area (Å²) in [5, 5.41) is 0.342.